The number of likely N-dealkylation sites (tertiary alicyclic amines) is 1. The molecule has 1 saturated heterocycles. The molecular weight excluding hydrogens is 196 g/mol. The molecule has 2 unspecified atom stereocenters. The predicted octanol–water partition coefficient (Wildman–Crippen LogP) is 2.85. The predicted molar refractivity (Wildman–Crippen MR) is 71.1 cm³/mol. The number of nitrogens with two attached hydrogens (primary N) is 1. The van der Waals surface area contributed by atoms with Crippen molar-refractivity contribution in [1.82, 2.24) is 4.90 Å². The van der Waals surface area contributed by atoms with Crippen LogP contribution >= 0.6 is 0 Å². The first-order chi connectivity index (χ1) is 7.23. The third kappa shape index (κ3) is 3.00. The summed E-state index contributed by atoms with van der Waals surface area (Å²) < 4.78 is 0. The van der Waals surface area contributed by atoms with Gasteiger partial charge in [-0.2, -0.15) is 0 Å². The maximum atomic E-state index is 6.25. The first-order valence-corrected chi connectivity index (χ1v) is 6.42. The van der Waals surface area contributed by atoms with E-state index in [0.29, 0.717) is 0 Å². The van der Waals surface area contributed by atoms with E-state index in [2.05, 4.69) is 46.1 Å². The van der Waals surface area contributed by atoms with Gasteiger partial charge in [0, 0.05) is 24.8 Å². The standard InChI is InChI=1S/C14H28N2/c1-10(2)12-7-8-16(9-12)11(3)13(15)14(4,5)6/h10,12-13H,3,7-9,15H2,1-2,4-6H3. The van der Waals surface area contributed by atoms with Crippen molar-refractivity contribution in [3.05, 3.63) is 12.3 Å². The first-order valence-electron chi connectivity index (χ1n) is 6.42. The van der Waals surface area contributed by atoms with E-state index in [0.717, 1.165) is 30.6 Å². The molecule has 2 heteroatoms. The number of rotatable bonds is 3. The van der Waals surface area contributed by atoms with E-state index in [1.165, 1.54) is 6.42 Å². The summed E-state index contributed by atoms with van der Waals surface area (Å²) in [5.74, 6) is 1.58. The molecule has 1 heterocycles. The van der Waals surface area contributed by atoms with Crippen LogP contribution in [0, 0.1) is 17.3 Å². The van der Waals surface area contributed by atoms with Crippen molar-refractivity contribution >= 4 is 0 Å². The minimum Gasteiger partial charge on any atom is -0.374 e. The summed E-state index contributed by atoms with van der Waals surface area (Å²) in [6, 6.07) is 0.0680. The summed E-state index contributed by atoms with van der Waals surface area (Å²) in [6.45, 7) is 17.6. The van der Waals surface area contributed by atoms with Gasteiger partial charge in [0.05, 0.1) is 0 Å². The van der Waals surface area contributed by atoms with Crippen molar-refractivity contribution in [1.29, 1.82) is 0 Å². The molecule has 0 radical (unpaired) electrons. The molecule has 0 aromatic carbocycles. The zero-order chi connectivity index (χ0) is 12.5. The molecule has 94 valence electrons. The van der Waals surface area contributed by atoms with E-state index in [9.17, 15) is 0 Å². The van der Waals surface area contributed by atoms with E-state index in [-0.39, 0.29) is 11.5 Å². The highest BCUT2D eigenvalue weighted by Gasteiger charge is 2.31. The average Bonchev–Trinajstić information content (AvgIpc) is 2.62. The second-order valence-corrected chi connectivity index (χ2v) is 6.57. The Bertz CT molecular complexity index is 250. The SMILES string of the molecule is C=C(C(N)C(C)(C)C)N1CCC(C(C)C)C1. The van der Waals surface area contributed by atoms with Gasteiger partial charge in [0.25, 0.3) is 0 Å². The maximum Gasteiger partial charge on any atom is 0.0489 e. The van der Waals surface area contributed by atoms with Crippen LogP contribution in [0.15, 0.2) is 12.3 Å². The first kappa shape index (κ1) is 13.6. The van der Waals surface area contributed by atoms with Crippen molar-refractivity contribution < 1.29 is 0 Å². The molecule has 2 nitrogen and oxygen atoms in total. The Balaban J connectivity index is 2.58. The fourth-order valence-corrected chi connectivity index (χ4v) is 2.29. The molecule has 1 aliphatic rings. The van der Waals surface area contributed by atoms with Crippen LogP contribution < -0.4 is 5.73 Å². The zero-order valence-electron chi connectivity index (χ0n) is 11.6. The van der Waals surface area contributed by atoms with Crippen molar-refractivity contribution in [3.8, 4) is 0 Å². The Morgan fingerprint density at radius 3 is 2.31 bits per heavy atom. The molecule has 0 spiro atoms. The molecule has 0 aromatic rings. The van der Waals surface area contributed by atoms with Crippen LogP contribution in [-0.4, -0.2) is 24.0 Å². The van der Waals surface area contributed by atoms with Crippen LogP contribution in [0.3, 0.4) is 0 Å². The van der Waals surface area contributed by atoms with E-state index < -0.39 is 0 Å². The molecule has 1 fully saturated rings. The van der Waals surface area contributed by atoms with Gasteiger partial charge in [-0.05, 0) is 23.7 Å². The van der Waals surface area contributed by atoms with Gasteiger partial charge < -0.3 is 10.6 Å². The van der Waals surface area contributed by atoms with Crippen LogP contribution in [0.2, 0.25) is 0 Å². The lowest BCUT2D eigenvalue weighted by Crippen LogP contribution is -2.42. The average molecular weight is 224 g/mol. The minimum atomic E-state index is 0.0680. The van der Waals surface area contributed by atoms with E-state index in [4.69, 9.17) is 5.73 Å². The van der Waals surface area contributed by atoms with Crippen molar-refractivity contribution in [2.45, 2.75) is 47.1 Å². The van der Waals surface area contributed by atoms with Crippen molar-refractivity contribution in [3.63, 3.8) is 0 Å². The number of hydrogen-bond acceptors (Lipinski definition) is 2. The quantitative estimate of drug-likeness (QED) is 0.798. The molecular formula is C14H28N2. The van der Waals surface area contributed by atoms with Crippen LogP contribution in [0.4, 0.5) is 0 Å². The molecule has 0 amide bonds. The summed E-state index contributed by atoms with van der Waals surface area (Å²) in [7, 11) is 0. The monoisotopic (exact) mass is 224 g/mol. The lowest BCUT2D eigenvalue weighted by Gasteiger charge is -2.34. The van der Waals surface area contributed by atoms with Crippen LogP contribution in [0.25, 0.3) is 0 Å². The molecule has 16 heavy (non-hydrogen) atoms. The van der Waals surface area contributed by atoms with Gasteiger partial charge in [-0.25, -0.2) is 0 Å². The highest BCUT2D eigenvalue weighted by Crippen LogP contribution is 2.30. The fourth-order valence-electron chi connectivity index (χ4n) is 2.29. The minimum absolute atomic E-state index is 0.0680. The maximum absolute atomic E-state index is 6.25. The summed E-state index contributed by atoms with van der Waals surface area (Å²) >= 11 is 0. The van der Waals surface area contributed by atoms with E-state index in [1.807, 2.05) is 0 Å². The zero-order valence-corrected chi connectivity index (χ0v) is 11.6. The van der Waals surface area contributed by atoms with Gasteiger partial charge in [0.15, 0.2) is 0 Å². The van der Waals surface area contributed by atoms with E-state index in [1.54, 1.807) is 0 Å². The normalized spacial score (nSPS) is 23.9. The van der Waals surface area contributed by atoms with Gasteiger partial charge >= 0.3 is 0 Å². The molecule has 0 saturated carbocycles. The van der Waals surface area contributed by atoms with Gasteiger partial charge in [-0.1, -0.05) is 41.2 Å². The molecule has 0 aliphatic carbocycles. The Hall–Kier alpha value is -0.500. The molecule has 0 bridgehead atoms. The summed E-state index contributed by atoms with van der Waals surface area (Å²) in [5.41, 5.74) is 7.48. The Morgan fingerprint density at radius 2 is 1.94 bits per heavy atom. The summed E-state index contributed by atoms with van der Waals surface area (Å²) in [5, 5.41) is 0. The Morgan fingerprint density at radius 1 is 1.38 bits per heavy atom. The molecule has 2 atom stereocenters. The summed E-state index contributed by atoms with van der Waals surface area (Å²) in [4.78, 5) is 2.39. The largest absolute Gasteiger partial charge is 0.374 e. The smallest absolute Gasteiger partial charge is 0.0489 e. The van der Waals surface area contributed by atoms with Gasteiger partial charge in [0.2, 0.25) is 0 Å². The second-order valence-electron chi connectivity index (χ2n) is 6.57. The highest BCUT2D eigenvalue weighted by atomic mass is 15.2. The van der Waals surface area contributed by atoms with Gasteiger partial charge in [-0.3, -0.25) is 0 Å². The molecule has 1 aliphatic heterocycles. The topological polar surface area (TPSA) is 29.3 Å². The lowest BCUT2D eigenvalue weighted by atomic mass is 9.85. The van der Waals surface area contributed by atoms with Crippen LogP contribution in [0.5, 0.6) is 0 Å². The highest BCUT2D eigenvalue weighted by molar-refractivity contribution is 5.09. The van der Waals surface area contributed by atoms with Crippen molar-refractivity contribution in [2.75, 3.05) is 13.1 Å². The second kappa shape index (κ2) is 4.79. The molecule has 2 N–H and O–H groups in total. The summed E-state index contributed by atoms with van der Waals surface area (Å²) in [6.07, 6.45) is 1.29. The fraction of sp³-hybridized carbons (Fsp3) is 0.857. The lowest BCUT2D eigenvalue weighted by molar-refractivity contribution is 0.276. The number of hydrogen-bond donors (Lipinski definition) is 1. The van der Waals surface area contributed by atoms with Crippen molar-refractivity contribution in [2.24, 2.45) is 23.0 Å². The molecule has 0 aromatic heterocycles. The Kier molecular flexibility index (Phi) is 4.06. The third-order valence-electron chi connectivity index (χ3n) is 3.87. The van der Waals surface area contributed by atoms with E-state index >= 15 is 0 Å². The third-order valence-corrected chi connectivity index (χ3v) is 3.87. The van der Waals surface area contributed by atoms with Gasteiger partial charge in [0.1, 0.15) is 0 Å². The van der Waals surface area contributed by atoms with Crippen LogP contribution in [-0.2, 0) is 0 Å². The van der Waals surface area contributed by atoms with Crippen LogP contribution in [0.1, 0.15) is 41.0 Å². The Labute approximate surface area is 101 Å². The number of nitrogens with zero attached hydrogens (tertiary/aromatic N) is 1. The molecule has 1 rings (SSSR count). The van der Waals surface area contributed by atoms with Gasteiger partial charge in [-0.15, -0.1) is 0 Å².